The van der Waals surface area contributed by atoms with Crippen molar-refractivity contribution < 1.29 is 9.59 Å². The highest BCUT2D eigenvalue weighted by molar-refractivity contribution is 5.92. The molecule has 0 radical (unpaired) electrons. The minimum absolute atomic E-state index is 0.0944. The number of rotatable bonds is 4. The van der Waals surface area contributed by atoms with E-state index in [1.807, 2.05) is 11.8 Å². The molecule has 1 aliphatic heterocycles. The van der Waals surface area contributed by atoms with Gasteiger partial charge in [0.1, 0.15) is 17.8 Å². The number of nitrogens with zero attached hydrogens (tertiary/aromatic N) is 4. The van der Waals surface area contributed by atoms with E-state index in [9.17, 15) is 9.59 Å². The summed E-state index contributed by atoms with van der Waals surface area (Å²) in [5.41, 5.74) is 0.377. The van der Waals surface area contributed by atoms with E-state index in [1.54, 1.807) is 13.0 Å². The van der Waals surface area contributed by atoms with Gasteiger partial charge in [-0.25, -0.2) is 9.97 Å². The predicted molar refractivity (Wildman–Crippen MR) is 79.1 cm³/mol. The van der Waals surface area contributed by atoms with Crippen LogP contribution >= 0.6 is 0 Å². The van der Waals surface area contributed by atoms with Gasteiger partial charge in [-0.15, -0.1) is 0 Å². The molecule has 0 spiro atoms. The van der Waals surface area contributed by atoms with Crippen molar-refractivity contribution in [2.75, 3.05) is 37.6 Å². The van der Waals surface area contributed by atoms with Crippen LogP contribution in [0.25, 0.3) is 0 Å². The minimum Gasteiger partial charge on any atom is -0.353 e. The van der Waals surface area contributed by atoms with Gasteiger partial charge in [-0.2, -0.15) is 0 Å². The molecular weight excluding hydrogens is 270 g/mol. The Kier molecular flexibility index (Phi) is 5.08. The van der Waals surface area contributed by atoms with Crippen LogP contribution in [-0.4, -0.2) is 59.4 Å². The molecule has 114 valence electrons. The number of nitrogens with one attached hydrogen (secondary N) is 1. The maximum absolute atomic E-state index is 11.9. The molecule has 1 aromatic rings. The monoisotopic (exact) mass is 291 g/mol. The van der Waals surface area contributed by atoms with Crippen molar-refractivity contribution in [2.45, 2.75) is 20.3 Å². The zero-order chi connectivity index (χ0) is 15.2. The molecule has 0 saturated carbocycles. The van der Waals surface area contributed by atoms with Crippen LogP contribution in [0.1, 0.15) is 30.8 Å². The smallest absolute Gasteiger partial charge is 0.270 e. The zero-order valence-electron chi connectivity index (χ0n) is 12.5. The molecule has 2 amide bonds. The molecule has 7 heteroatoms. The molecule has 2 rings (SSSR count). The van der Waals surface area contributed by atoms with Crippen LogP contribution < -0.4 is 10.2 Å². The fourth-order valence-corrected chi connectivity index (χ4v) is 2.22. The number of piperazine rings is 1. The number of amides is 2. The third-order valence-electron chi connectivity index (χ3n) is 3.47. The quantitative estimate of drug-likeness (QED) is 0.862. The van der Waals surface area contributed by atoms with Crippen molar-refractivity contribution in [1.29, 1.82) is 0 Å². The van der Waals surface area contributed by atoms with Crippen LogP contribution in [-0.2, 0) is 4.79 Å². The van der Waals surface area contributed by atoms with Gasteiger partial charge in [0.2, 0.25) is 5.91 Å². The Bertz CT molecular complexity index is 512. The normalized spacial score (nSPS) is 15.0. The second kappa shape index (κ2) is 7.01. The first-order valence-corrected chi connectivity index (χ1v) is 7.22. The Morgan fingerprint density at radius 1 is 1.24 bits per heavy atom. The van der Waals surface area contributed by atoms with Gasteiger partial charge in [0, 0.05) is 45.7 Å². The average Bonchev–Trinajstić information content (AvgIpc) is 2.52. The number of carbonyl (C=O) groups excluding carboxylic acids is 2. The van der Waals surface area contributed by atoms with Crippen LogP contribution in [0.5, 0.6) is 0 Å². The summed E-state index contributed by atoms with van der Waals surface area (Å²) >= 11 is 0. The minimum atomic E-state index is -0.178. The molecule has 0 unspecified atom stereocenters. The molecule has 7 nitrogen and oxygen atoms in total. The Balaban J connectivity index is 2.01. The summed E-state index contributed by atoms with van der Waals surface area (Å²) in [6, 6.07) is 1.70. The number of hydrogen-bond donors (Lipinski definition) is 1. The molecule has 21 heavy (non-hydrogen) atoms. The van der Waals surface area contributed by atoms with E-state index >= 15 is 0 Å². The molecule has 1 saturated heterocycles. The molecule has 0 aromatic carbocycles. The van der Waals surface area contributed by atoms with Crippen molar-refractivity contribution >= 4 is 17.6 Å². The molecule has 0 atom stereocenters. The lowest BCUT2D eigenvalue weighted by Crippen LogP contribution is -2.48. The molecule has 1 aliphatic rings. The second-order valence-corrected chi connectivity index (χ2v) is 5.01. The summed E-state index contributed by atoms with van der Waals surface area (Å²) in [6.45, 7) is 7.00. The first-order chi connectivity index (χ1) is 10.1. The third kappa shape index (κ3) is 3.90. The standard InChI is InChI=1S/C14H21N5O2/c1-3-4-15-14(21)12-9-13(17-10-16-12)19-7-5-18(6-8-19)11(2)20/h9-10H,3-8H2,1-2H3,(H,15,21). The fraction of sp³-hybridized carbons (Fsp3) is 0.571. The van der Waals surface area contributed by atoms with E-state index in [0.717, 1.165) is 12.2 Å². The predicted octanol–water partition coefficient (Wildman–Crippen LogP) is 0.285. The van der Waals surface area contributed by atoms with E-state index in [2.05, 4.69) is 20.2 Å². The van der Waals surface area contributed by atoms with Gasteiger partial charge in [-0.3, -0.25) is 9.59 Å². The van der Waals surface area contributed by atoms with E-state index < -0.39 is 0 Å². The lowest BCUT2D eigenvalue weighted by atomic mass is 10.3. The average molecular weight is 291 g/mol. The lowest BCUT2D eigenvalue weighted by Gasteiger charge is -2.34. The van der Waals surface area contributed by atoms with Crippen molar-refractivity contribution in [2.24, 2.45) is 0 Å². The van der Waals surface area contributed by atoms with E-state index in [-0.39, 0.29) is 11.8 Å². The number of anilines is 1. The topological polar surface area (TPSA) is 78.4 Å². The molecule has 1 N–H and O–H groups in total. The van der Waals surface area contributed by atoms with E-state index in [4.69, 9.17) is 0 Å². The third-order valence-corrected chi connectivity index (χ3v) is 3.47. The Labute approximate surface area is 124 Å². The van der Waals surface area contributed by atoms with Crippen LogP contribution in [0, 0.1) is 0 Å². The van der Waals surface area contributed by atoms with E-state index in [0.29, 0.717) is 38.4 Å². The van der Waals surface area contributed by atoms with Gasteiger partial charge < -0.3 is 15.1 Å². The molecule has 0 aliphatic carbocycles. The summed E-state index contributed by atoms with van der Waals surface area (Å²) in [6.07, 6.45) is 2.30. The molecule has 1 aromatic heterocycles. The van der Waals surface area contributed by atoms with Crippen molar-refractivity contribution in [1.82, 2.24) is 20.2 Å². The van der Waals surface area contributed by atoms with Gasteiger partial charge in [-0.05, 0) is 6.42 Å². The summed E-state index contributed by atoms with van der Waals surface area (Å²) in [5, 5.41) is 2.80. The molecular formula is C14H21N5O2. The number of aromatic nitrogens is 2. The number of hydrogen-bond acceptors (Lipinski definition) is 5. The second-order valence-electron chi connectivity index (χ2n) is 5.01. The van der Waals surface area contributed by atoms with Gasteiger partial charge >= 0.3 is 0 Å². The SMILES string of the molecule is CCCNC(=O)c1cc(N2CCN(C(C)=O)CC2)ncn1. The summed E-state index contributed by atoms with van der Waals surface area (Å²) in [5.74, 6) is 0.648. The maximum atomic E-state index is 11.9. The van der Waals surface area contributed by atoms with Crippen LogP contribution in [0.4, 0.5) is 5.82 Å². The highest BCUT2D eigenvalue weighted by atomic mass is 16.2. The van der Waals surface area contributed by atoms with E-state index in [1.165, 1.54) is 6.33 Å². The molecule has 0 bridgehead atoms. The Morgan fingerprint density at radius 3 is 2.57 bits per heavy atom. The van der Waals surface area contributed by atoms with Crippen LogP contribution in [0.15, 0.2) is 12.4 Å². The van der Waals surface area contributed by atoms with Crippen molar-refractivity contribution in [3.63, 3.8) is 0 Å². The van der Waals surface area contributed by atoms with Crippen molar-refractivity contribution in [3.05, 3.63) is 18.1 Å². The van der Waals surface area contributed by atoms with Crippen LogP contribution in [0.3, 0.4) is 0 Å². The first-order valence-electron chi connectivity index (χ1n) is 7.22. The van der Waals surface area contributed by atoms with Crippen LogP contribution in [0.2, 0.25) is 0 Å². The summed E-state index contributed by atoms with van der Waals surface area (Å²) in [4.78, 5) is 35.3. The number of carbonyl (C=O) groups is 2. The van der Waals surface area contributed by atoms with Gasteiger partial charge in [0.25, 0.3) is 5.91 Å². The first kappa shape index (κ1) is 15.2. The van der Waals surface area contributed by atoms with Gasteiger partial charge in [-0.1, -0.05) is 6.92 Å². The van der Waals surface area contributed by atoms with Crippen molar-refractivity contribution in [3.8, 4) is 0 Å². The summed E-state index contributed by atoms with van der Waals surface area (Å²) in [7, 11) is 0. The molecule has 1 fully saturated rings. The van der Waals surface area contributed by atoms with Gasteiger partial charge in [0.05, 0.1) is 0 Å². The molecule has 2 heterocycles. The fourth-order valence-electron chi connectivity index (χ4n) is 2.22. The highest BCUT2D eigenvalue weighted by Crippen LogP contribution is 2.14. The summed E-state index contributed by atoms with van der Waals surface area (Å²) < 4.78 is 0. The Hall–Kier alpha value is -2.18. The maximum Gasteiger partial charge on any atom is 0.270 e. The largest absolute Gasteiger partial charge is 0.353 e. The highest BCUT2D eigenvalue weighted by Gasteiger charge is 2.20. The van der Waals surface area contributed by atoms with Gasteiger partial charge in [0.15, 0.2) is 0 Å². The zero-order valence-corrected chi connectivity index (χ0v) is 12.5. The Morgan fingerprint density at radius 2 is 1.95 bits per heavy atom. The lowest BCUT2D eigenvalue weighted by molar-refractivity contribution is -0.129.